The predicted molar refractivity (Wildman–Crippen MR) is 108 cm³/mol. The number of carbonyl (C=O) groups is 1. The summed E-state index contributed by atoms with van der Waals surface area (Å²) in [4.78, 5) is 23.1. The highest BCUT2D eigenvalue weighted by atomic mass is 16.6. The van der Waals surface area contributed by atoms with Crippen LogP contribution in [0, 0.1) is 6.92 Å². The van der Waals surface area contributed by atoms with Crippen molar-refractivity contribution in [2.24, 2.45) is 4.99 Å². The average Bonchev–Trinajstić information content (AvgIpc) is 3.02. The molecule has 1 aliphatic heterocycles. The molecule has 1 aromatic rings. The zero-order valence-electron chi connectivity index (χ0n) is 17.2. The van der Waals surface area contributed by atoms with Gasteiger partial charge < -0.3 is 20.3 Å². The van der Waals surface area contributed by atoms with E-state index in [9.17, 15) is 4.79 Å². The van der Waals surface area contributed by atoms with Crippen LogP contribution in [-0.4, -0.2) is 59.8 Å². The van der Waals surface area contributed by atoms with E-state index < -0.39 is 5.60 Å². The van der Waals surface area contributed by atoms with Gasteiger partial charge in [0.25, 0.3) is 0 Å². The van der Waals surface area contributed by atoms with Crippen LogP contribution in [0.5, 0.6) is 0 Å². The summed E-state index contributed by atoms with van der Waals surface area (Å²) in [5, 5.41) is 6.32. The van der Waals surface area contributed by atoms with Crippen LogP contribution in [0.2, 0.25) is 0 Å². The minimum Gasteiger partial charge on any atom is -0.444 e. The first-order chi connectivity index (χ1) is 12.8. The van der Waals surface area contributed by atoms with Crippen molar-refractivity contribution < 1.29 is 9.53 Å². The van der Waals surface area contributed by atoms with Gasteiger partial charge in [0.1, 0.15) is 5.60 Å². The number of guanidine groups is 1. The molecule has 1 fully saturated rings. The number of aromatic nitrogens is 1. The second-order valence-electron chi connectivity index (χ2n) is 7.87. The third-order valence-electron chi connectivity index (χ3n) is 4.32. The molecule has 0 spiro atoms. The highest BCUT2D eigenvalue weighted by Crippen LogP contribution is 2.12. The van der Waals surface area contributed by atoms with Gasteiger partial charge in [-0.3, -0.25) is 9.98 Å². The van der Waals surface area contributed by atoms with Gasteiger partial charge in [-0.05, 0) is 64.7 Å². The summed E-state index contributed by atoms with van der Waals surface area (Å²) in [7, 11) is 0. The number of nitrogens with zero attached hydrogens (tertiary/aromatic N) is 3. The van der Waals surface area contributed by atoms with Crippen molar-refractivity contribution in [2.45, 2.75) is 59.1 Å². The molecule has 0 aliphatic carbocycles. The van der Waals surface area contributed by atoms with E-state index in [0.29, 0.717) is 6.54 Å². The summed E-state index contributed by atoms with van der Waals surface area (Å²) >= 11 is 0. The number of hydrogen-bond acceptors (Lipinski definition) is 4. The lowest BCUT2D eigenvalue weighted by molar-refractivity contribution is 0.0507. The SMILES string of the molecule is CCNC(=NCCc1ccncc1C)N1CCC(NC(=O)OC(C)(C)C)C1. The van der Waals surface area contributed by atoms with Crippen LogP contribution < -0.4 is 10.6 Å². The number of nitrogens with one attached hydrogen (secondary N) is 2. The van der Waals surface area contributed by atoms with Gasteiger partial charge in [0.2, 0.25) is 0 Å². The van der Waals surface area contributed by atoms with Crippen molar-refractivity contribution in [2.75, 3.05) is 26.2 Å². The van der Waals surface area contributed by atoms with Crippen molar-refractivity contribution in [1.29, 1.82) is 0 Å². The number of pyridine rings is 1. The first-order valence-electron chi connectivity index (χ1n) is 9.70. The summed E-state index contributed by atoms with van der Waals surface area (Å²) in [6.07, 6.45) is 5.12. The van der Waals surface area contributed by atoms with Crippen LogP contribution in [0.3, 0.4) is 0 Å². The Kier molecular flexibility index (Phi) is 7.45. The normalized spacial score (nSPS) is 17.7. The van der Waals surface area contributed by atoms with Gasteiger partial charge >= 0.3 is 6.09 Å². The highest BCUT2D eigenvalue weighted by molar-refractivity contribution is 5.80. The molecule has 2 rings (SSSR count). The van der Waals surface area contributed by atoms with E-state index in [2.05, 4.69) is 40.4 Å². The molecule has 0 aromatic carbocycles. The molecule has 2 N–H and O–H groups in total. The Morgan fingerprint density at radius 2 is 2.22 bits per heavy atom. The van der Waals surface area contributed by atoms with E-state index in [1.165, 1.54) is 11.1 Å². The Labute approximate surface area is 162 Å². The standard InChI is InChI=1S/C20H33N5O2/c1-6-22-18(23-11-8-16-7-10-21-13-15(16)2)25-12-9-17(14-25)24-19(26)27-20(3,4)5/h7,10,13,17H,6,8-9,11-12,14H2,1-5H3,(H,22,23)(H,24,26). The molecule has 7 nitrogen and oxygen atoms in total. The van der Waals surface area contributed by atoms with Gasteiger partial charge in [0, 0.05) is 38.6 Å². The molecule has 27 heavy (non-hydrogen) atoms. The Morgan fingerprint density at radius 1 is 1.44 bits per heavy atom. The third kappa shape index (κ3) is 7.07. The summed E-state index contributed by atoms with van der Waals surface area (Å²) < 4.78 is 5.35. The summed E-state index contributed by atoms with van der Waals surface area (Å²) in [6, 6.07) is 2.13. The Morgan fingerprint density at radius 3 is 2.89 bits per heavy atom. The van der Waals surface area contributed by atoms with E-state index >= 15 is 0 Å². The van der Waals surface area contributed by atoms with Gasteiger partial charge in [0.15, 0.2) is 5.96 Å². The smallest absolute Gasteiger partial charge is 0.407 e. The molecule has 0 bridgehead atoms. The number of hydrogen-bond donors (Lipinski definition) is 2. The first-order valence-corrected chi connectivity index (χ1v) is 9.70. The minimum absolute atomic E-state index is 0.0751. The van der Waals surface area contributed by atoms with Gasteiger partial charge in [-0.1, -0.05) is 0 Å². The maximum Gasteiger partial charge on any atom is 0.407 e. The molecular formula is C20H33N5O2. The zero-order chi connectivity index (χ0) is 19.9. The molecule has 1 aromatic heterocycles. The van der Waals surface area contributed by atoms with Crippen molar-refractivity contribution in [1.82, 2.24) is 20.5 Å². The number of rotatable bonds is 5. The summed E-state index contributed by atoms with van der Waals surface area (Å²) in [5.74, 6) is 0.901. The number of carbonyl (C=O) groups excluding carboxylic acids is 1. The lowest BCUT2D eigenvalue weighted by Gasteiger charge is -2.23. The summed E-state index contributed by atoms with van der Waals surface area (Å²) in [5.41, 5.74) is 1.99. The van der Waals surface area contributed by atoms with Gasteiger partial charge in [-0.2, -0.15) is 0 Å². The lowest BCUT2D eigenvalue weighted by atomic mass is 10.1. The van der Waals surface area contributed by atoms with Crippen molar-refractivity contribution in [3.05, 3.63) is 29.6 Å². The molecule has 1 saturated heterocycles. The molecule has 2 heterocycles. The molecule has 150 valence electrons. The minimum atomic E-state index is -0.482. The van der Waals surface area contributed by atoms with Crippen molar-refractivity contribution in [3.63, 3.8) is 0 Å². The number of alkyl carbamates (subject to hydrolysis) is 1. The quantitative estimate of drug-likeness (QED) is 0.611. The molecule has 1 aliphatic rings. The molecular weight excluding hydrogens is 342 g/mol. The predicted octanol–water partition coefficient (Wildman–Crippen LogP) is 2.50. The van der Waals surface area contributed by atoms with E-state index in [1.807, 2.05) is 33.2 Å². The molecule has 1 unspecified atom stereocenters. The van der Waals surface area contributed by atoms with Crippen molar-refractivity contribution in [3.8, 4) is 0 Å². The van der Waals surface area contributed by atoms with E-state index in [0.717, 1.165) is 38.4 Å². The van der Waals surface area contributed by atoms with Gasteiger partial charge in [-0.15, -0.1) is 0 Å². The van der Waals surface area contributed by atoms with E-state index in [4.69, 9.17) is 9.73 Å². The molecule has 7 heteroatoms. The van der Waals surface area contributed by atoms with Crippen LogP contribution in [-0.2, 0) is 11.2 Å². The van der Waals surface area contributed by atoms with Crippen molar-refractivity contribution >= 4 is 12.1 Å². The largest absolute Gasteiger partial charge is 0.444 e. The monoisotopic (exact) mass is 375 g/mol. The second-order valence-corrected chi connectivity index (χ2v) is 7.87. The van der Waals surface area contributed by atoms with Crippen LogP contribution in [0.1, 0.15) is 45.2 Å². The highest BCUT2D eigenvalue weighted by Gasteiger charge is 2.27. The number of likely N-dealkylation sites (tertiary alicyclic amines) is 1. The molecule has 0 radical (unpaired) electrons. The second kappa shape index (κ2) is 9.58. The Bertz CT molecular complexity index is 654. The van der Waals surface area contributed by atoms with Crippen LogP contribution >= 0.6 is 0 Å². The Hall–Kier alpha value is -2.31. The van der Waals surface area contributed by atoms with Gasteiger partial charge in [-0.25, -0.2) is 4.79 Å². The fraction of sp³-hybridized carbons (Fsp3) is 0.650. The topological polar surface area (TPSA) is 78.9 Å². The number of ether oxygens (including phenoxy) is 1. The van der Waals surface area contributed by atoms with Crippen LogP contribution in [0.4, 0.5) is 4.79 Å². The number of aliphatic imine (C=N–C) groups is 1. The number of aryl methyl sites for hydroxylation is 1. The first kappa shape index (κ1) is 21.0. The van der Waals surface area contributed by atoms with E-state index in [1.54, 1.807) is 0 Å². The number of amides is 1. The fourth-order valence-electron chi connectivity index (χ4n) is 3.04. The molecule has 0 saturated carbocycles. The lowest BCUT2D eigenvalue weighted by Crippen LogP contribution is -2.44. The molecule has 1 atom stereocenters. The van der Waals surface area contributed by atoms with E-state index in [-0.39, 0.29) is 12.1 Å². The maximum atomic E-state index is 12.0. The maximum absolute atomic E-state index is 12.0. The zero-order valence-corrected chi connectivity index (χ0v) is 17.2. The molecule has 1 amide bonds. The van der Waals surface area contributed by atoms with Crippen LogP contribution in [0.15, 0.2) is 23.5 Å². The Balaban J connectivity index is 1.89. The average molecular weight is 376 g/mol. The fourth-order valence-corrected chi connectivity index (χ4v) is 3.04. The van der Waals surface area contributed by atoms with Crippen LogP contribution in [0.25, 0.3) is 0 Å². The summed E-state index contributed by atoms with van der Waals surface area (Å²) in [6.45, 7) is 12.9. The van der Waals surface area contributed by atoms with Gasteiger partial charge in [0.05, 0.1) is 6.04 Å². The third-order valence-corrected chi connectivity index (χ3v) is 4.32.